The largest absolute Gasteiger partial charge is 0.467 e. The van der Waals surface area contributed by atoms with Gasteiger partial charge in [0.05, 0.1) is 7.11 Å². The molecule has 0 heterocycles. The summed E-state index contributed by atoms with van der Waals surface area (Å²) in [7, 11) is -2.36. The molecule has 2 N–H and O–H groups in total. The van der Waals surface area contributed by atoms with Gasteiger partial charge in [-0.3, -0.25) is 0 Å². The van der Waals surface area contributed by atoms with E-state index < -0.39 is 22.1 Å². The van der Waals surface area contributed by atoms with Crippen LogP contribution in [0.2, 0.25) is 0 Å². The number of methoxy groups -OCH3 is 1. The Balaban J connectivity index is 3.97. The minimum atomic E-state index is -3.46. The number of alkyl halides is 1. The number of sulfonamides is 1. The topological polar surface area (TPSA) is 92.7 Å². The maximum atomic E-state index is 10.8. The molecule has 0 radical (unpaired) electrons. The lowest BCUT2D eigenvalue weighted by molar-refractivity contribution is -0.149. The number of aliphatic hydroxyl groups excluding tert-OH is 1. The number of carbonyl (C=O) groups excluding carboxylic acids is 1. The van der Waals surface area contributed by atoms with Crippen LogP contribution in [0.3, 0.4) is 0 Å². The van der Waals surface area contributed by atoms with Crippen molar-refractivity contribution in [3.8, 4) is 0 Å². The third-order valence-corrected chi connectivity index (χ3v) is 3.82. The van der Waals surface area contributed by atoms with Gasteiger partial charge in [-0.15, -0.1) is 0 Å². The second kappa shape index (κ2) is 5.53. The summed E-state index contributed by atoms with van der Waals surface area (Å²) < 4.78 is 27.5. The zero-order valence-corrected chi connectivity index (χ0v) is 9.26. The molecule has 6 nitrogen and oxygen atoms in total. The first-order valence-corrected chi connectivity index (χ1v) is 5.99. The monoisotopic (exact) mass is 275 g/mol. The molecule has 0 rings (SSSR count). The van der Waals surface area contributed by atoms with Crippen molar-refractivity contribution in [2.24, 2.45) is 0 Å². The van der Waals surface area contributed by atoms with E-state index in [4.69, 9.17) is 5.11 Å². The number of aliphatic hydroxyl groups is 1. The van der Waals surface area contributed by atoms with E-state index in [0.717, 1.165) is 7.11 Å². The Bertz CT molecular complexity index is 264. The average Bonchev–Trinajstić information content (AvgIpc) is 2.13. The van der Waals surface area contributed by atoms with Crippen LogP contribution in [-0.4, -0.2) is 43.9 Å². The number of ether oxygens (including phenoxy) is 1. The van der Waals surface area contributed by atoms with E-state index in [-0.39, 0.29) is 11.2 Å². The van der Waals surface area contributed by atoms with Crippen LogP contribution in [0.25, 0.3) is 0 Å². The minimum absolute atomic E-state index is 0.284. The Morgan fingerprint density at radius 1 is 1.69 bits per heavy atom. The van der Waals surface area contributed by atoms with Crippen LogP contribution in [0.4, 0.5) is 0 Å². The summed E-state index contributed by atoms with van der Waals surface area (Å²) in [6.07, 6.45) is -1.47. The summed E-state index contributed by atoms with van der Waals surface area (Å²) in [6, 6.07) is 0. The Labute approximate surface area is 84.4 Å². The van der Waals surface area contributed by atoms with E-state index in [2.05, 4.69) is 20.7 Å². The standard InChI is InChI=1S/C5H10BrNO5S/c1-12-5(9)4(8)2-7-13(10,11)3-6/h4,7-8H,2-3H2,1H3. The molecule has 0 aromatic carbocycles. The highest BCUT2D eigenvalue weighted by molar-refractivity contribution is 9.10. The molecule has 1 unspecified atom stereocenters. The molecule has 0 aliphatic carbocycles. The molecule has 0 aromatic rings. The van der Waals surface area contributed by atoms with E-state index >= 15 is 0 Å². The van der Waals surface area contributed by atoms with Gasteiger partial charge in [0.1, 0.15) is 4.66 Å². The van der Waals surface area contributed by atoms with Crippen molar-refractivity contribution in [3.05, 3.63) is 0 Å². The maximum absolute atomic E-state index is 10.8. The molecule has 78 valence electrons. The van der Waals surface area contributed by atoms with Crippen molar-refractivity contribution in [2.45, 2.75) is 6.10 Å². The van der Waals surface area contributed by atoms with Gasteiger partial charge in [0.15, 0.2) is 6.10 Å². The Morgan fingerprint density at radius 3 is 2.62 bits per heavy atom. The average molecular weight is 276 g/mol. The van der Waals surface area contributed by atoms with Gasteiger partial charge in [-0.2, -0.15) is 0 Å². The zero-order chi connectivity index (χ0) is 10.5. The number of hydrogen-bond acceptors (Lipinski definition) is 5. The number of halogens is 1. The summed E-state index contributed by atoms with van der Waals surface area (Å²) in [5, 5.41) is 8.96. The zero-order valence-electron chi connectivity index (χ0n) is 6.86. The molecule has 0 aromatic heterocycles. The second-order valence-corrected chi connectivity index (χ2v) is 5.22. The summed E-state index contributed by atoms with van der Waals surface area (Å²) in [4.78, 5) is 10.6. The van der Waals surface area contributed by atoms with Crippen LogP contribution < -0.4 is 4.72 Å². The maximum Gasteiger partial charge on any atom is 0.336 e. The van der Waals surface area contributed by atoms with E-state index in [0.29, 0.717) is 0 Å². The van der Waals surface area contributed by atoms with Gasteiger partial charge in [-0.1, -0.05) is 15.9 Å². The molecular formula is C5H10BrNO5S. The number of carbonyl (C=O) groups is 1. The van der Waals surface area contributed by atoms with E-state index in [1.54, 1.807) is 0 Å². The van der Waals surface area contributed by atoms with Crippen LogP contribution in [0.5, 0.6) is 0 Å². The molecule has 0 saturated heterocycles. The quantitative estimate of drug-likeness (QED) is 0.485. The molecule has 0 aliphatic heterocycles. The molecule has 0 aliphatic rings. The molecule has 8 heteroatoms. The molecule has 0 fully saturated rings. The van der Waals surface area contributed by atoms with Crippen LogP contribution in [-0.2, 0) is 19.6 Å². The molecule has 0 bridgehead atoms. The fourth-order valence-corrected chi connectivity index (χ4v) is 1.44. The lowest BCUT2D eigenvalue weighted by atomic mass is 10.4. The molecule has 0 saturated carbocycles. The van der Waals surface area contributed by atoms with Gasteiger partial charge >= 0.3 is 5.97 Å². The summed E-state index contributed by atoms with van der Waals surface area (Å²) in [5.74, 6) is -0.878. The summed E-state index contributed by atoms with van der Waals surface area (Å²) in [6.45, 7) is -0.388. The normalized spacial score (nSPS) is 13.8. The van der Waals surface area contributed by atoms with Gasteiger partial charge < -0.3 is 9.84 Å². The predicted octanol–water partition coefficient (Wildman–Crippen LogP) is -1.21. The van der Waals surface area contributed by atoms with Crippen molar-refractivity contribution in [2.75, 3.05) is 18.3 Å². The third-order valence-electron chi connectivity index (χ3n) is 1.11. The Morgan fingerprint density at radius 2 is 2.23 bits per heavy atom. The smallest absolute Gasteiger partial charge is 0.336 e. The van der Waals surface area contributed by atoms with Crippen LogP contribution >= 0.6 is 15.9 Å². The van der Waals surface area contributed by atoms with Crippen molar-refractivity contribution in [3.63, 3.8) is 0 Å². The SMILES string of the molecule is COC(=O)C(O)CNS(=O)(=O)CBr. The molecule has 1 atom stereocenters. The first kappa shape index (κ1) is 12.8. The van der Waals surface area contributed by atoms with Crippen LogP contribution in [0.15, 0.2) is 0 Å². The highest BCUT2D eigenvalue weighted by Gasteiger charge is 2.17. The van der Waals surface area contributed by atoms with Crippen LogP contribution in [0, 0.1) is 0 Å². The van der Waals surface area contributed by atoms with Crippen molar-refractivity contribution >= 4 is 31.9 Å². The van der Waals surface area contributed by atoms with Gasteiger partial charge in [-0.25, -0.2) is 17.9 Å². The fraction of sp³-hybridized carbons (Fsp3) is 0.800. The Kier molecular flexibility index (Phi) is 5.45. The van der Waals surface area contributed by atoms with Gasteiger partial charge in [0.25, 0.3) is 0 Å². The van der Waals surface area contributed by atoms with Gasteiger partial charge in [-0.05, 0) is 0 Å². The van der Waals surface area contributed by atoms with Gasteiger partial charge in [0, 0.05) is 6.54 Å². The summed E-state index contributed by atoms with van der Waals surface area (Å²) >= 11 is 2.73. The number of rotatable bonds is 5. The number of esters is 1. The first-order valence-electron chi connectivity index (χ1n) is 3.22. The predicted molar refractivity (Wildman–Crippen MR) is 48.7 cm³/mol. The van der Waals surface area contributed by atoms with Crippen molar-refractivity contribution in [1.29, 1.82) is 0 Å². The second-order valence-electron chi connectivity index (χ2n) is 2.11. The third kappa shape index (κ3) is 5.19. The van der Waals surface area contributed by atoms with E-state index in [1.165, 1.54) is 0 Å². The number of hydrogen-bond donors (Lipinski definition) is 2. The minimum Gasteiger partial charge on any atom is -0.467 e. The lowest BCUT2D eigenvalue weighted by Gasteiger charge is -2.08. The molecular weight excluding hydrogens is 266 g/mol. The lowest BCUT2D eigenvalue weighted by Crippen LogP contribution is -2.37. The van der Waals surface area contributed by atoms with Crippen molar-refractivity contribution < 1.29 is 23.1 Å². The molecule has 0 amide bonds. The highest BCUT2D eigenvalue weighted by atomic mass is 79.9. The van der Waals surface area contributed by atoms with Gasteiger partial charge in [0.2, 0.25) is 10.0 Å². The van der Waals surface area contributed by atoms with E-state index in [9.17, 15) is 13.2 Å². The molecule has 0 spiro atoms. The van der Waals surface area contributed by atoms with Crippen molar-refractivity contribution in [1.82, 2.24) is 4.72 Å². The Hall–Kier alpha value is -0.180. The highest BCUT2D eigenvalue weighted by Crippen LogP contribution is 1.92. The summed E-state index contributed by atoms with van der Waals surface area (Å²) in [5.41, 5.74) is 0. The number of nitrogens with one attached hydrogen (secondary N) is 1. The van der Waals surface area contributed by atoms with E-state index in [1.807, 2.05) is 4.72 Å². The first-order chi connectivity index (χ1) is 5.93. The van der Waals surface area contributed by atoms with Crippen LogP contribution in [0.1, 0.15) is 0 Å². The fourth-order valence-electron chi connectivity index (χ4n) is 0.464. The molecule has 13 heavy (non-hydrogen) atoms.